The van der Waals surface area contributed by atoms with Gasteiger partial charge in [0.15, 0.2) is 5.78 Å². The minimum atomic E-state index is -2.47. The summed E-state index contributed by atoms with van der Waals surface area (Å²) in [6.45, 7) is 0. The summed E-state index contributed by atoms with van der Waals surface area (Å²) in [5.74, 6) is -3.21. The number of Topliss-reactive ketones (excluding diaryl/α,β-unsaturated/α-hetero) is 1. The average Bonchev–Trinajstić information content (AvgIpc) is 1.83. The molecule has 0 fully saturated rings. The monoisotopic (exact) mass is 174 g/mol. The molecule has 0 aromatic heterocycles. The lowest BCUT2D eigenvalue weighted by Crippen LogP contribution is -2.03. The van der Waals surface area contributed by atoms with E-state index in [4.69, 9.17) is 11.6 Å². The molecular formula is C4H5ClF2OS. The van der Waals surface area contributed by atoms with Crippen molar-refractivity contribution >= 4 is 29.1 Å². The van der Waals surface area contributed by atoms with Crippen LogP contribution < -0.4 is 0 Å². The SMILES string of the molecule is O=C(CCl)CSC(F)F. The largest absolute Gasteiger partial charge is 0.297 e. The van der Waals surface area contributed by atoms with Gasteiger partial charge in [-0.25, -0.2) is 0 Å². The first kappa shape index (κ1) is 9.17. The fourth-order valence-corrected chi connectivity index (χ4v) is 0.815. The van der Waals surface area contributed by atoms with Crippen molar-refractivity contribution in [3.8, 4) is 0 Å². The molecule has 0 spiro atoms. The van der Waals surface area contributed by atoms with Gasteiger partial charge < -0.3 is 0 Å². The fourth-order valence-electron chi connectivity index (χ4n) is 0.195. The zero-order valence-corrected chi connectivity index (χ0v) is 6.01. The van der Waals surface area contributed by atoms with Crippen LogP contribution in [0.1, 0.15) is 0 Å². The minimum Gasteiger partial charge on any atom is -0.297 e. The van der Waals surface area contributed by atoms with Gasteiger partial charge in [0.1, 0.15) is 0 Å². The van der Waals surface area contributed by atoms with Crippen molar-refractivity contribution in [3.05, 3.63) is 0 Å². The Labute approximate surface area is 60.8 Å². The molecule has 0 aliphatic heterocycles. The normalized spacial score (nSPS) is 10.2. The van der Waals surface area contributed by atoms with Crippen LogP contribution in [0.3, 0.4) is 0 Å². The van der Waals surface area contributed by atoms with Crippen molar-refractivity contribution in [1.29, 1.82) is 0 Å². The van der Waals surface area contributed by atoms with E-state index < -0.39 is 5.76 Å². The molecule has 9 heavy (non-hydrogen) atoms. The topological polar surface area (TPSA) is 17.1 Å². The van der Waals surface area contributed by atoms with Crippen molar-refractivity contribution in [2.75, 3.05) is 11.6 Å². The fraction of sp³-hybridized carbons (Fsp3) is 0.750. The molecule has 0 aliphatic carbocycles. The van der Waals surface area contributed by atoms with Crippen LogP contribution in [0.15, 0.2) is 0 Å². The molecule has 0 aromatic carbocycles. The third-order valence-corrected chi connectivity index (χ3v) is 1.56. The maximum atomic E-state index is 11.3. The summed E-state index contributed by atoms with van der Waals surface area (Å²) in [6.07, 6.45) is 0. The highest BCUT2D eigenvalue weighted by atomic mass is 35.5. The summed E-state index contributed by atoms with van der Waals surface area (Å²) in [6, 6.07) is 0. The zero-order chi connectivity index (χ0) is 7.28. The van der Waals surface area contributed by atoms with E-state index in [2.05, 4.69) is 0 Å². The molecule has 54 valence electrons. The standard InChI is InChI=1S/C4H5ClF2OS/c5-1-3(8)2-9-4(6)7/h4H,1-2H2. The molecule has 0 bridgehead atoms. The number of hydrogen-bond donors (Lipinski definition) is 0. The van der Waals surface area contributed by atoms with E-state index in [9.17, 15) is 13.6 Å². The molecule has 0 radical (unpaired) electrons. The Balaban J connectivity index is 3.17. The molecule has 0 saturated carbocycles. The molecule has 1 nitrogen and oxygen atoms in total. The molecule has 0 aromatic rings. The first-order valence-corrected chi connectivity index (χ1v) is 3.72. The first-order valence-electron chi connectivity index (χ1n) is 2.14. The first-order chi connectivity index (χ1) is 4.16. The Bertz CT molecular complexity index is 98.6. The van der Waals surface area contributed by atoms with Crippen LogP contribution in [0.25, 0.3) is 0 Å². The van der Waals surface area contributed by atoms with Crippen LogP contribution in [-0.2, 0) is 4.79 Å². The lowest BCUT2D eigenvalue weighted by molar-refractivity contribution is -0.114. The van der Waals surface area contributed by atoms with Crippen LogP contribution in [0.4, 0.5) is 8.78 Å². The molecule has 0 rings (SSSR count). The van der Waals surface area contributed by atoms with Crippen molar-refractivity contribution in [2.45, 2.75) is 5.76 Å². The number of carbonyl (C=O) groups is 1. The molecule has 0 unspecified atom stereocenters. The van der Waals surface area contributed by atoms with Crippen molar-refractivity contribution in [3.63, 3.8) is 0 Å². The Morgan fingerprint density at radius 3 is 2.56 bits per heavy atom. The second-order valence-electron chi connectivity index (χ2n) is 1.24. The van der Waals surface area contributed by atoms with Gasteiger partial charge in [-0.2, -0.15) is 8.78 Å². The van der Waals surface area contributed by atoms with Gasteiger partial charge in [0.2, 0.25) is 0 Å². The molecular weight excluding hydrogens is 170 g/mol. The van der Waals surface area contributed by atoms with E-state index >= 15 is 0 Å². The number of hydrogen-bond acceptors (Lipinski definition) is 2. The van der Waals surface area contributed by atoms with Gasteiger partial charge in [-0.1, -0.05) is 11.8 Å². The van der Waals surface area contributed by atoms with Crippen molar-refractivity contribution in [1.82, 2.24) is 0 Å². The van der Waals surface area contributed by atoms with Gasteiger partial charge in [-0.15, -0.1) is 11.6 Å². The van der Waals surface area contributed by atoms with Gasteiger partial charge >= 0.3 is 0 Å². The smallest absolute Gasteiger partial charge is 0.284 e. The molecule has 0 aliphatic rings. The zero-order valence-electron chi connectivity index (χ0n) is 4.44. The van der Waals surface area contributed by atoms with E-state index in [0.717, 1.165) is 0 Å². The van der Waals surface area contributed by atoms with E-state index in [1.165, 1.54) is 0 Å². The summed E-state index contributed by atoms with van der Waals surface area (Å²) in [4.78, 5) is 10.2. The van der Waals surface area contributed by atoms with Gasteiger partial charge in [-0.05, 0) is 0 Å². The molecule has 0 amide bonds. The minimum absolute atomic E-state index is 0.181. The van der Waals surface area contributed by atoms with E-state index in [0.29, 0.717) is 11.8 Å². The molecule has 5 heteroatoms. The Kier molecular flexibility index (Phi) is 5.09. The highest BCUT2D eigenvalue weighted by Crippen LogP contribution is 2.12. The van der Waals surface area contributed by atoms with Gasteiger partial charge in [0.25, 0.3) is 5.76 Å². The predicted octanol–water partition coefficient (Wildman–Crippen LogP) is 1.75. The van der Waals surface area contributed by atoms with E-state index in [1.54, 1.807) is 0 Å². The number of rotatable bonds is 4. The number of thioether (sulfide) groups is 1. The number of ketones is 1. The van der Waals surface area contributed by atoms with Gasteiger partial charge in [-0.3, -0.25) is 4.79 Å². The van der Waals surface area contributed by atoms with Crippen molar-refractivity contribution in [2.24, 2.45) is 0 Å². The molecule has 0 N–H and O–H groups in total. The molecule has 0 saturated heterocycles. The maximum Gasteiger partial charge on any atom is 0.284 e. The van der Waals surface area contributed by atoms with Gasteiger partial charge in [0, 0.05) is 0 Å². The predicted molar refractivity (Wildman–Crippen MR) is 34.2 cm³/mol. The molecule has 0 atom stereocenters. The highest BCUT2D eigenvalue weighted by molar-refractivity contribution is 8.00. The van der Waals surface area contributed by atoms with Crippen LogP contribution in [-0.4, -0.2) is 23.2 Å². The number of carbonyl (C=O) groups excluding carboxylic acids is 1. The second-order valence-corrected chi connectivity index (χ2v) is 2.49. The van der Waals surface area contributed by atoms with E-state index in [-0.39, 0.29) is 17.4 Å². The van der Waals surface area contributed by atoms with Crippen molar-refractivity contribution < 1.29 is 13.6 Å². The number of halogens is 3. The summed E-state index contributed by atoms with van der Waals surface area (Å²) in [5.41, 5.74) is 0. The number of alkyl halides is 3. The quantitative estimate of drug-likeness (QED) is 0.604. The summed E-state index contributed by atoms with van der Waals surface area (Å²) in [7, 11) is 0. The molecule has 0 heterocycles. The van der Waals surface area contributed by atoms with E-state index in [1.807, 2.05) is 0 Å². The summed E-state index contributed by atoms with van der Waals surface area (Å²) < 4.78 is 22.6. The lowest BCUT2D eigenvalue weighted by atomic mass is 10.5. The third kappa shape index (κ3) is 6.05. The maximum absolute atomic E-state index is 11.3. The highest BCUT2D eigenvalue weighted by Gasteiger charge is 2.05. The lowest BCUT2D eigenvalue weighted by Gasteiger charge is -1.93. The Morgan fingerprint density at radius 2 is 2.22 bits per heavy atom. The van der Waals surface area contributed by atoms with Crippen LogP contribution in [0, 0.1) is 0 Å². The van der Waals surface area contributed by atoms with Crippen LogP contribution >= 0.6 is 23.4 Å². The van der Waals surface area contributed by atoms with Crippen LogP contribution in [0.5, 0.6) is 0 Å². The summed E-state index contributed by atoms with van der Waals surface area (Å²) in [5, 5.41) is 0. The van der Waals surface area contributed by atoms with Gasteiger partial charge in [0.05, 0.1) is 11.6 Å². The average molecular weight is 175 g/mol. The second kappa shape index (κ2) is 4.99. The third-order valence-electron chi connectivity index (χ3n) is 0.519. The Morgan fingerprint density at radius 1 is 1.67 bits per heavy atom. The Hall–Kier alpha value is 0.170. The van der Waals surface area contributed by atoms with Crippen LogP contribution in [0.2, 0.25) is 0 Å². The summed E-state index contributed by atoms with van der Waals surface area (Å²) >= 11 is 5.32.